The third kappa shape index (κ3) is 6.37. The Balaban J connectivity index is 0.000000597. The molecule has 0 saturated carbocycles. The van der Waals surface area contributed by atoms with Crippen LogP contribution in [0.15, 0.2) is 39.8 Å². The van der Waals surface area contributed by atoms with E-state index >= 15 is 0 Å². The van der Waals surface area contributed by atoms with Crippen LogP contribution in [-0.2, 0) is 21.4 Å². The maximum atomic E-state index is 11.3. The van der Waals surface area contributed by atoms with Gasteiger partial charge in [-0.2, -0.15) is 0 Å². The van der Waals surface area contributed by atoms with E-state index < -0.39 is 26.9 Å². The van der Waals surface area contributed by atoms with Gasteiger partial charge < -0.3 is 25.7 Å². The minimum Gasteiger partial charge on any atom is -0.480 e. The average Bonchev–Trinajstić information content (AvgIpc) is 3.05. The number of aliphatic carboxylic acids is 1. The Labute approximate surface area is 153 Å². The van der Waals surface area contributed by atoms with E-state index in [0.717, 1.165) is 6.07 Å². The van der Waals surface area contributed by atoms with Crippen LogP contribution in [0.5, 0.6) is 0 Å². The lowest BCUT2D eigenvalue weighted by Gasteiger charge is -2.11. The monoisotopic (exact) mass is 405 g/mol. The summed E-state index contributed by atoms with van der Waals surface area (Å²) in [4.78, 5) is 20.0. The Kier molecular flexibility index (Phi) is 7.58. The van der Waals surface area contributed by atoms with Gasteiger partial charge in [0.15, 0.2) is 0 Å². The molecule has 26 heavy (non-hydrogen) atoms. The Bertz CT molecular complexity index is 882. The highest BCUT2D eigenvalue weighted by Gasteiger charge is 2.20. The third-order valence-corrected chi connectivity index (χ3v) is 4.19. The van der Waals surface area contributed by atoms with Crippen LogP contribution in [0.4, 0.5) is 5.69 Å². The van der Waals surface area contributed by atoms with Crippen LogP contribution in [0.1, 0.15) is 16.1 Å². The average molecular weight is 406 g/mol. The highest BCUT2D eigenvalue weighted by molar-refractivity contribution is 7.89. The summed E-state index contributed by atoms with van der Waals surface area (Å²) in [5.41, 5.74) is 4.48. The number of primary sulfonamides is 1. The van der Waals surface area contributed by atoms with Crippen LogP contribution in [0.2, 0.25) is 5.02 Å². The molecule has 2 rings (SSSR count). The van der Waals surface area contributed by atoms with Gasteiger partial charge in [0.05, 0.1) is 35.6 Å². The summed E-state index contributed by atoms with van der Waals surface area (Å²) in [5.74, 6) is -1.69. The minimum atomic E-state index is -4.11. The Morgan fingerprint density at radius 1 is 1.27 bits per heavy atom. The number of anilines is 1. The van der Waals surface area contributed by atoms with E-state index in [4.69, 9.17) is 31.4 Å². The molecular weight excluding hydrogens is 390 g/mol. The van der Waals surface area contributed by atoms with Crippen LogP contribution < -0.4 is 16.2 Å². The fourth-order valence-electron chi connectivity index (χ4n) is 1.69. The predicted molar refractivity (Wildman–Crippen MR) is 92.5 cm³/mol. The van der Waals surface area contributed by atoms with Crippen molar-refractivity contribution in [2.75, 3.05) is 11.9 Å². The summed E-state index contributed by atoms with van der Waals surface area (Å²) in [6.45, 7) is -0.0572. The molecule has 2 aromatic rings. The highest BCUT2D eigenvalue weighted by atomic mass is 35.5. The van der Waals surface area contributed by atoms with Crippen molar-refractivity contribution in [2.45, 2.75) is 11.4 Å². The number of carboxylic acid groups (broad SMARTS) is 2. The first kappa shape index (κ1) is 21.4. The maximum Gasteiger partial charge on any atom is 0.337 e. The number of nitrogens with one attached hydrogen (secondary N) is 1. The van der Waals surface area contributed by atoms with Gasteiger partial charge in [-0.15, -0.1) is 0 Å². The van der Waals surface area contributed by atoms with E-state index in [1.54, 1.807) is 12.1 Å². The number of furan rings is 1. The number of carboxylic acids is 2. The zero-order valence-electron chi connectivity index (χ0n) is 13.2. The number of carbonyl (C=O) groups is 2. The molecule has 1 aromatic carbocycles. The summed E-state index contributed by atoms with van der Waals surface area (Å²) in [7, 11) is -4.11. The first-order valence-electron chi connectivity index (χ1n) is 6.84. The zero-order valence-corrected chi connectivity index (χ0v) is 14.7. The number of hydrogen-bond acceptors (Lipinski definition) is 7. The molecule has 0 saturated heterocycles. The number of benzene rings is 1. The van der Waals surface area contributed by atoms with E-state index in [1.165, 1.54) is 12.3 Å². The molecule has 10 nitrogen and oxygen atoms in total. The van der Waals surface area contributed by atoms with Crippen molar-refractivity contribution in [3.8, 4) is 0 Å². The third-order valence-electron chi connectivity index (χ3n) is 2.82. The van der Waals surface area contributed by atoms with Crippen LogP contribution in [0.3, 0.4) is 0 Å². The van der Waals surface area contributed by atoms with Crippen molar-refractivity contribution in [3.05, 3.63) is 46.9 Å². The highest BCUT2D eigenvalue weighted by Crippen LogP contribution is 2.28. The lowest BCUT2D eigenvalue weighted by Crippen LogP contribution is -2.15. The number of sulfonamides is 1. The normalized spacial score (nSPS) is 10.6. The molecule has 12 heteroatoms. The number of nitrogens with two attached hydrogens (primary N) is 2. The van der Waals surface area contributed by atoms with Crippen molar-refractivity contribution >= 4 is 39.3 Å². The molecule has 0 spiro atoms. The topological polar surface area (TPSA) is 186 Å². The van der Waals surface area contributed by atoms with Gasteiger partial charge in [-0.3, -0.25) is 4.79 Å². The second-order valence-corrected chi connectivity index (χ2v) is 6.65. The molecular formula is C14H16ClN3O7S. The molecule has 0 aliphatic carbocycles. The summed E-state index contributed by atoms with van der Waals surface area (Å²) in [5, 5.41) is 24.4. The molecule has 0 unspecified atom stereocenters. The SMILES string of the molecule is NCC(=O)O.NS(=O)(=O)c1cc(C(=O)O)c(NCc2ccco2)cc1Cl. The van der Waals surface area contributed by atoms with E-state index in [1.807, 2.05) is 0 Å². The molecule has 1 aromatic heterocycles. The molecule has 0 bridgehead atoms. The lowest BCUT2D eigenvalue weighted by atomic mass is 10.1. The quantitative estimate of drug-likeness (QED) is 0.465. The molecule has 0 aliphatic heterocycles. The van der Waals surface area contributed by atoms with Gasteiger partial charge in [-0.05, 0) is 24.3 Å². The first-order chi connectivity index (χ1) is 12.1. The van der Waals surface area contributed by atoms with Gasteiger partial charge in [0, 0.05) is 0 Å². The molecule has 0 atom stereocenters. The van der Waals surface area contributed by atoms with E-state index in [-0.39, 0.29) is 29.4 Å². The van der Waals surface area contributed by atoms with Crippen molar-refractivity contribution in [1.82, 2.24) is 0 Å². The standard InChI is InChI=1S/C12H11ClN2O5S.C2H5NO2/c13-9-5-10(15-6-7-2-1-3-20-7)8(12(16)17)4-11(9)21(14,18)19;3-1-2(4)5/h1-5,15H,6H2,(H,16,17)(H2,14,18,19);1,3H2,(H,4,5). The van der Waals surface area contributed by atoms with Crippen LogP contribution in [0.25, 0.3) is 0 Å². The van der Waals surface area contributed by atoms with Crippen LogP contribution in [0, 0.1) is 0 Å². The number of aromatic carboxylic acids is 1. The van der Waals surface area contributed by atoms with Gasteiger partial charge in [-0.1, -0.05) is 11.6 Å². The predicted octanol–water partition coefficient (Wildman–Crippen LogP) is 0.920. The van der Waals surface area contributed by atoms with Crippen LogP contribution in [-0.4, -0.2) is 37.1 Å². The molecule has 0 radical (unpaired) electrons. The van der Waals surface area contributed by atoms with Gasteiger partial charge in [-0.25, -0.2) is 18.4 Å². The summed E-state index contributed by atoms with van der Waals surface area (Å²) in [6, 6.07) is 5.51. The molecule has 142 valence electrons. The second-order valence-electron chi connectivity index (χ2n) is 4.71. The van der Waals surface area contributed by atoms with Gasteiger partial charge >= 0.3 is 11.9 Å². The number of rotatable bonds is 6. The fraction of sp³-hybridized carbons (Fsp3) is 0.143. The van der Waals surface area contributed by atoms with Crippen molar-refractivity contribution in [3.63, 3.8) is 0 Å². The number of hydrogen-bond donors (Lipinski definition) is 5. The largest absolute Gasteiger partial charge is 0.480 e. The minimum absolute atomic E-state index is 0.163. The Morgan fingerprint density at radius 2 is 1.88 bits per heavy atom. The van der Waals surface area contributed by atoms with E-state index in [2.05, 4.69) is 11.1 Å². The molecule has 7 N–H and O–H groups in total. The zero-order chi connectivity index (χ0) is 19.9. The van der Waals surface area contributed by atoms with Crippen molar-refractivity contribution in [2.24, 2.45) is 10.9 Å². The molecule has 0 amide bonds. The summed E-state index contributed by atoms with van der Waals surface area (Å²) >= 11 is 5.84. The van der Waals surface area contributed by atoms with E-state index in [9.17, 15) is 18.0 Å². The Morgan fingerprint density at radius 3 is 2.31 bits per heavy atom. The summed E-state index contributed by atoms with van der Waals surface area (Å²) < 4.78 is 27.8. The van der Waals surface area contributed by atoms with E-state index in [0.29, 0.717) is 5.76 Å². The molecule has 0 aliphatic rings. The smallest absolute Gasteiger partial charge is 0.337 e. The summed E-state index contributed by atoms with van der Waals surface area (Å²) in [6.07, 6.45) is 1.48. The Hall–Kier alpha value is -2.60. The molecule has 0 fully saturated rings. The van der Waals surface area contributed by atoms with Gasteiger partial charge in [0.2, 0.25) is 10.0 Å². The first-order valence-corrected chi connectivity index (χ1v) is 8.76. The van der Waals surface area contributed by atoms with Gasteiger partial charge in [0.25, 0.3) is 0 Å². The second kappa shape index (κ2) is 9.20. The lowest BCUT2D eigenvalue weighted by molar-refractivity contribution is -0.135. The van der Waals surface area contributed by atoms with Crippen LogP contribution >= 0.6 is 11.6 Å². The maximum absolute atomic E-state index is 11.3. The van der Waals surface area contributed by atoms with Crippen molar-refractivity contribution < 1.29 is 32.6 Å². The molecule has 1 heterocycles. The van der Waals surface area contributed by atoms with Gasteiger partial charge in [0.1, 0.15) is 10.7 Å². The fourth-order valence-corrected chi connectivity index (χ4v) is 2.79. The van der Waals surface area contributed by atoms with Crippen molar-refractivity contribution in [1.29, 1.82) is 0 Å². The number of halogens is 1.